The van der Waals surface area contributed by atoms with E-state index in [0.29, 0.717) is 36.3 Å². The maximum atomic E-state index is 14.9. The van der Waals surface area contributed by atoms with Gasteiger partial charge in [0.05, 0.1) is 31.4 Å². The van der Waals surface area contributed by atoms with Crippen molar-refractivity contribution in [2.75, 3.05) is 76.4 Å². The Bertz CT molecular complexity index is 1490. The van der Waals surface area contributed by atoms with E-state index in [9.17, 15) is 14.4 Å². The van der Waals surface area contributed by atoms with Crippen LogP contribution in [-0.2, 0) is 14.3 Å². The number of anilines is 3. The number of rotatable bonds is 9. The highest BCUT2D eigenvalue weighted by Gasteiger charge is 2.33. The molecule has 4 heterocycles. The second kappa shape index (κ2) is 13.5. The first-order valence-electron chi connectivity index (χ1n) is 14.8. The highest BCUT2D eigenvalue weighted by molar-refractivity contribution is 5.77. The summed E-state index contributed by atoms with van der Waals surface area (Å²) in [6.07, 6.45) is -0.445. The van der Waals surface area contributed by atoms with Crippen molar-refractivity contribution in [1.29, 1.82) is 5.26 Å². The monoisotopic (exact) mass is 602 g/mol. The molecule has 2 aromatic carbocycles. The number of likely N-dealkylation sites (tertiary alicyclic amines) is 1. The Hall–Kier alpha value is -4.38. The fourth-order valence-electron chi connectivity index (χ4n) is 5.64. The normalized spacial score (nSPS) is 20.9. The number of carbonyl (C=O) groups excluding carboxylic acids is 1. The highest BCUT2D eigenvalue weighted by atomic mass is 19.1. The number of benzene rings is 2. The van der Waals surface area contributed by atoms with Crippen LogP contribution >= 0.6 is 0 Å². The number of alkyl halides is 1. The SMILES string of the molecule is COCC(=O)N1CCC(Oc2ccc(-c3ncnc(Nc4ccc(N5CCN(C6COC6)CC5)cc4)n3)cc2C#N)[C@H](F)C1. The number of aromatic nitrogens is 3. The van der Waals surface area contributed by atoms with Gasteiger partial charge in [0, 0.05) is 63.2 Å². The molecule has 13 heteroatoms. The van der Waals surface area contributed by atoms with E-state index in [1.54, 1.807) is 18.2 Å². The van der Waals surface area contributed by atoms with Gasteiger partial charge in [-0.1, -0.05) is 0 Å². The third-order valence-corrected chi connectivity index (χ3v) is 8.25. The molecule has 3 aromatic rings. The number of ether oxygens (including phenoxy) is 3. The molecule has 0 aliphatic carbocycles. The van der Waals surface area contributed by atoms with Gasteiger partial charge in [0.15, 0.2) is 12.0 Å². The molecule has 6 rings (SSSR count). The molecule has 0 saturated carbocycles. The van der Waals surface area contributed by atoms with Gasteiger partial charge in [0.1, 0.15) is 30.9 Å². The molecule has 0 spiro atoms. The smallest absolute Gasteiger partial charge is 0.248 e. The Morgan fingerprint density at radius 3 is 2.59 bits per heavy atom. The summed E-state index contributed by atoms with van der Waals surface area (Å²) in [7, 11) is 1.43. The number of nitrogens with one attached hydrogen (secondary N) is 1. The van der Waals surface area contributed by atoms with Crippen LogP contribution in [0.2, 0.25) is 0 Å². The van der Waals surface area contributed by atoms with Gasteiger partial charge < -0.3 is 29.3 Å². The van der Waals surface area contributed by atoms with Crippen molar-refractivity contribution in [2.24, 2.45) is 0 Å². The zero-order chi connectivity index (χ0) is 30.5. The van der Waals surface area contributed by atoms with Crippen LogP contribution in [0.15, 0.2) is 48.8 Å². The lowest BCUT2D eigenvalue weighted by molar-refractivity contribution is -0.139. The summed E-state index contributed by atoms with van der Waals surface area (Å²) < 4.78 is 31.0. The molecular weight excluding hydrogens is 567 g/mol. The Labute approximate surface area is 255 Å². The summed E-state index contributed by atoms with van der Waals surface area (Å²) in [5.41, 5.74) is 2.85. The van der Waals surface area contributed by atoms with Crippen LogP contribution < -0.4 is 15.0 Å². The lowest BCUT2D eigenvalue weighted by Crippen LogP contribution is -2.56. The molecule has 1 aromatic heterocycles. The number of amides is 1. The summed E-state index contributed by atoms with van der Waals surface area (Å²) in [5.74, 6) is 0.757. The number of piperidine rings is 1. The second-order valence-corrected chi connectivity index (χ2v) is 11.1. The number of halogens is 1. The number of piperazine rings is 1. The zero-order valence-electron chi connectivity index (χ0n) is 24.6. The minimum Gasteiger partial charge on any atom is -0.486 e. The summed E-state index contributed by atoms with van der Waals surface area (Å²) in [6.45, 7) is 5.92. The minimum atomic E-state index is -1.39. The maximum absolute atomic E-state index is 14.9. The topological polar surface area (TPSA) is 129 Å². The summed E-state index contributed by atoms with van der Waals surface area (Å²) >= 11 is 0. The van der Waals surface area contributed by atoms with Gasteiger partial charge >= 0.3 is 0 Å². The van der Waals surface area contributed by atoms with E-state index < -0.39 is 12.3 Å². The number of hydrogen-bond donors (Lipinski definition) is 1. The Kier molecular flexibility index (Phi) is 9.11. The molecular formula is C31H35FN8O4. The van der Waals surface area contributed by atoms with E-state index in [1.807, 2.05) is 12.1 Å². The van der Waals surface area contributed by atoms with E-state index in [4.69, 9.17) is 14.2 Å². The average molecular weight is 603 g/mol. The van der Waals surface area contributed by atoms with Gasteiger partial charge in [-0.2, -0.15) is 10.2 Å². The van der Waals surface area contributed by atoms with Gasteiger partial charge in [-0.15, -0.1) is 0 Å². The minimum absolute atomic E-state index is 0.0796. The molecule has 1 N–H and O–H groups in total. The standard InChI is InChI=1S/C31H35FN8O4/c1-42-19-29(41)40-9-8-28(26(32)16-40)44-27-7-2-21(14-22(27)15-33)30-34-20-35-31(37-30)36-23-3-5-24(6-4-23)38-10-12-39(13-11-38)25-17-43-18-25/h2-7,14,20,25-26,28H,8-13,16-19H2,1H3,(H,34,35,36,37)/t26-,28?/m1/s1. The Balaban J connectivity index is 1.07. The van der Waals surface area contributed by atoms with E-state index in [0.717, 1.165) is 45.1 Å². The molecule has 3 aliphatic rings. The number of hydrogen-bond acceptors (Lipinski definition) is 11. The van der Waals surface area contributed by atoms with Crippen LogP contribution in [0, 0.1) is 11.3 Å². The molecule has 12 nitrogen and oxygen atoms in total. The Morgan fingerprint density at radius 1 is 1.11 bits per heavy atom. The molecule has 44 heavy (non-hydrogen) atoms. The lowest BCUT2D eigenvalue weighted by atomic mass is 10.0. The molecule has 3 saturated heterocycles. The van der Waals surface area contributed by atoms with Gasteiger partial charge in [-0.25, -0.2) is 14.4 Å². The van der Waals surface area contributed by atoms with Crippen LogP contribution in [0.5, 0.6) is 5.75 Å². The van der Waals surface area contributed by atoms with Crippen LogP contribution in [0.25, 0.3) is 11.4 Å². The predicted octanol–water partition coefficient (Wildman–Crippen LogP) is 2.64. The largest absolute Gasteiger partial charge is 0.486 e. The van der Waals surface area contributed by atoms with Gasteiger partial charge in [0.25, 0.3) is 0 Å². The average Bonchev–Trinajstić information content (AvgIpc) is 3.02. The van der Waals surface area contributed by atoms with Gasteiger partial charge in [-0.3, -0.25) is 9.69 Å². The summed E-state index contributed by atoms with van der Waals surface area (Å²) in [5, 5.41) is 13.0. The van der Waals surface area contributed by atoms with Crippen molar-refractivity contribution in [3.8, 4) is 23.2 Å². The van der Waals surface area contributed by atoms with Crippen molar-refractivity contribution in [3.05, 3.63) is 54.4 Å². The molecule has 1 amide bonds. The molecule has 0 radical (unpaired) electrons. The van der Waals surface area contributed by atoms with Crippen molar-refractivity contribution in [3.63, 3.8) is 0 Å². The number of nitriles is 1. The van der Waals surface area contributed by atoms with Crippen LogP contribution in [0.1, 0.15) is 12.0 Å². The number of nitrogens with zero attached hydrogens (tertiary/aromatic N) is 7. The molecule has 2 atom stereocenters. The fraction of sp³-hybridized carbons (Fsp3) is 0.452. The number of methoxy groups -OCH3 is 1. The number of carbonyl (C=O) groups is 1. The third kappa shape index (κ3) is 6.72. The van der Waals surface area contributed by atoms with Crippen molar-refractivity contribution < 1.29 is 23.4 Å². The second-order valence-electron chi connectivity index (χ2n) is 11.1. The Morgan fingerprint density at radius 2 is 1.91 bits per heavy atom. The first kappa shape index (κ1) is 29.7. The lowest BCUT2D eigenvalue weighted by Gasteiger charge is -2.43. The van der Waals surface area contributed by atoms with Crippen molar-refractivity contribution in [1.82, 2.24) is 24.8 Å². The zero-order valence-corrected chi connectivity index (χ0v) is 24.6. The molecule has 3 aliphatic heterocycles. The van der Waals surface area contributed by atoms with Gasteiger partial charge in [-0.05, 0) is 42.5 Å². The summed E-state index contributed by atoms with van der Waals surface area (Å²) in [6, 6.07) is 15.9. The van der Waals surface area contributed by atoms with Gasteiger partial charge in [0.2, 0.25) is 11.9 Å². The molecule has 0 bridgehead atoms. The fourth-order valence-corrected chi connectivity index (χ4v) is 5.64. The van der Waals surface area contributed by atoms with E-state index in [-0.39, 0.29) is 30.4 Å². The highest BCUT2D eigenvalue weighted by Crippen LogP contribution is 2.29. The molecule has 1 unspecified atom stereocenters. The van der Waals surface area contributed by atoms with E-state index in [2.05, 4.69) is 48.3 Å². The molecule has 230 valence electrons. The van der Waals surface area contributed by atoms with E-state index >= 15 is 0 Å². The first-order chi connectivity index (χ1) is 21.5. The quantitative estimate of drug-likeness (QED) is 0.388. The van der Waals surface area contributed by atoms with Crippen molar-refractivity contribution in [2.45, 2.75) is 24.7 Å². The van der Waals surface area contributed by atoms with E-state index in [1.165, 1.54) is 24.0 Å². The van der Waals surface area contributed by atoms with Crippen LogP contribution in [0.3, 0.4) is 0 Å². The predicted molar refractivity (Wildman–Crippen MR) is 160 cm³/mol. The van der Waals surface area contributed by atoms with Crippen LogP contribution in [-0.4, -0.2) is 115 Å². The summed E-state index contributed by atoms with van der Waals surface area (Å²) in [4.78, 5) is 31.5. The first-order valence-corrected chi connectivity index (χ1v) is 14.8. The van der Waals surface area contributed by atoms with Crippen molar-refractivity contribution >= 4 is 23.2 Å². The third-order valence-electron chi connectivity index (χ3n) is 8.25. The maximum Gasteiger partial charge on any atom is 0.248 e. The van der Waals surface area contributed by atoms with Crippen LogP contribution in [0.4, 0.5) is 21.7 Å². The molecule has 3 fully saturated rings.